The topological polar surface area (TPSA) is 35.9 Å². The third kappa shape index (κ3) is 2.69. The monoisotopic (exact) mass is 292 g/mol. The molecule has 1 aliphatic carbocycles. The molecule has 0 spiro atoms. The second-order valence-electron chi connectivity index (χ2n) is 4.36. The smallest absolute Gasteiger partial charge is 0.0968 e. The minimum absolute atomic E-state index is 0.397. The normalized spacial score (nSPS) is 21.5. The molecule has 13 heavy (non-hydrogen) atoms. The molecule has 0 fully saturated rings. The van der Waals surface area contributed by atoms with Crippen LogP contribution in [0.2, 0.25) is 0 Å². The molecule has 2 nitrogen and oxygen atoms in total. The first-order chi connectivity index (χ1) is 5.96. The lowest BCUT2D eigenvalue weighted by molar-refractivity contribution is 0.310. The molecule has 0 aromatic carbocycles. The quantitative estimate of drug-likeness (QED) is 0.595. The summed E-state index contributed by atoms with van der Waals surface area (Å²) in [5.41, 5.74) is 2.87. The van der Waals surface area contributed by atoms with Crippen LogP contribution >= 0.6 is 22.6 Å². The van der Waals surface area contributed by atoms with Crippen LogP contribution in [-0.2, 0) is 0 Å². The van der Waals surface area contributed by atoms with Gasteiger partial charge < -0.3 is 5.32 Å². The molecule has 0 aromatic rings. The van der Waals surface area contributed by atoms with E-state index >= 15 is 0 Å². The van der Waals surface area contributed by atoms with Crippen LogP contribution in [0.25, 0.3) is 0 Å². The van der Waals surface area contributed by atoms with Gasteiger partial charge in [0.15, 0.2) is 0 Å². The summed E-state index contributed by atoms with van der Waals surface area (Å²) in [4.78, 5) is 0. The third-order valence-electron chi connectivity index (χ3n) is 2.64. The molecule has 0 heterocycles. The highest BCUT2D eigenvalue weighted by molar-refractivity contribution is 14.1. The van der Waals surface area contributed by atoms with E-state index in [-0.39, 0.29) is 0 Å². The van der Waals surface area contributed by atoms with Crippen molar-refractivity contribution in [3.05, 3.63) is 11.3 Å². The Morgan fingerprint density at radius 2 is 2.15 bits per heavy atom. The maximum atomic E-state index is 7.64. The van der Waals surface area contributed by atoms with Crippen LogP contribution in [0, 0.1) is 10.8 Å². The van der Waals surface area contributed by atoms with Crippen molar-refractivity contribution in [2.45, 2.75) is 33.1 Å². The Labute approximate surface area is 93.8 Å². The number of nitrogens with one attached hydrogen (secondary N) is 2. The van der Waals surface area contributed by atoms with E-state index in [4.69, 9.17) is 5.41 Å². The predicted molar refractivity (Wildman–Crippen MR) is 65.5 cm³/mol. The van der Waals surface area contributed by atoms with Crippen molar-refractivity contribution in [3.63, 3.8) is 0 Å². The van der Waals surface area contributed by atoms with E-state index in [1.54, 1.807) is 0 Å². The first-order valence-corrected chi connectivity index (χ1v) is 5.68. The molecule has 0 bridgehead atoms. The summed E-state index contributed by atoms with van der Waals surface area (Å²) in [7, 11) is 1.95. The highest BCUT2D eigenvalue weighted by Gasteiger charge is 2.27. The second kappa shape index (κ2) is 3.98. The molecule has 0 saturated carbocycles. The number of hydrogen-bond donors (Lipinski definition) is 2. The van der Waals surface area contributed by atoms with Crippen molar-refractivity contribution in [2.75, 3.05) is 7.05 Å². The van der Waals surface area contributed by atoms with Crippen molar-refractivity contribution in [2.24, 2.45) is 5.41 Å². The molecule has 3 heteroatoms. The summed E-state index contributed by atoms with van der Waals surface area (Å²) in [6, 6.07) is 0. The van der Waals surface area contributed by atoms with Gasteiger partial charge in [0.25, 0.3) is 0 Å². The Balaban J connectivity index is 2.92. The summed E-state index contributed by atoms with van der Waals surface area (Å²) in [6.45, 7) is 4.58. The molecule has 0 saturated heterocycles. The van der Waals surface area contributed by atoms with Crippen molar-refractivity contribution in [3.8, 4) is 0 Å². The maximum Gasteiger partial charge on any atom is 0.0968 e. The van der Waals surface area contributed by atoms with Gasteiger partial charge in [-0.05, 0) is 47.3 Å². The molecule has 2 N–H and O–H groups in total. The average Bonchev–Trinajstić information content (AvgIpc) is 2.01. The van der Waals surface area contributed by atoms with Crippen LogP contribution in [0.15, 0.2) is 11.3 Å². The molecule has 0 unspecified atom stereocenters. The Kier molecular flexibility index (Phi) is 3.38. The first kappa shape index (κ1) is 11.0. The molecular formula is C10H17IN2. The summed E-state index contributed by atoms with van der Waals surface area (Å²) in [6.07, 6.45) is 3.31. The minimum atomic E-state index is 0.397. The number of hydrogen-bond acceptors (Lipinski definition) is 2. The van der Waals surface area contributed by atoms with Crippen LogP contribution in [0.4, 0.5) is 0 Å². The molecule has 74 valence electrons. The Hall–Kier alpha value is -0.0600. The van der Waals surface area contributed by atoms with Crippen LogP contribution < -0.4 is 5.32 Å². The molecule has 1 rings (SSSR count). The van der Waals surface area contributed by atoms with Gasteiger partial charge in [-0.2, -0.15) is 0 Å². The number of rotatable bonds is 2. The average molecular weight is 292 g/mol. The van der Waals surface area contributed by atoms with Gasteiger partial charge in [0.2, 0.25) is 0 Å². The van der Waals surface area contributed by atoms with Crippen LogP contribution in [0.5, 0.6) is 0 Å². The molecule has 0 aliphatic heterocycles. The van der Waals surface area contributed by atoms with E-state index in [0.29, 0.717) is 9.13 Å². The SMILES string of the molecule is CNC1=C(C(=N)I)CCC(C)(C)C1. The van der Waals surface area contributed by atoms with Crippen LogP contribution in [0.1, 0.15) is 33.1 Å². The molecule has 0 atom stereocenters. The summed E-state index contributed by atoms with van der Waals surface area (Å²) < 4.78 is 0.692. The first-order valence-electron chi connectivity index (χ1n) is 4.60. The lowest BCUT2D eigenvalue weighted by Gasteiger charge is -2.32. The van der Waals surface area contributed by atoms with Crippen LogP contribution in [0.3, 0.4) is 0 Å². The van der Waals surface area contributed by atoms with Crippen molar-refractivity contribution in [1.82, 2.24) is 5.32 Å². The highest BCUT2D eigenvalue weighted by Crippen LogP contribution is 2.38. The van der Waals surface area contributed by atoms with Gasteiger partial charge in [-0.15, -0.1) is 0 Å². The predicted octanol–water partition coefficient (Wildman–Crippen LogP) is 3.08. The van der Waals surface area contributed by atoms with E-state index < -0.39 is 0 Å². The lowest BCUT2D eigenvalue weighted by atomic mass is 9.77. The van der Waals surface area contributed by atoms with Gasteiger partial charge in [0.05, 0.1) is 3.72 Å². The molecular weight excluding hydrogens is 275 g/mol. The Morgan fingerprint density at radius 3 is 2.62 bits per heavy atom. The zero-order chi connectivity index (χ0) is 10.1. The Morgan fingerprint density at radius 1 is 1.54 bits per heavy atom. The summed E-state index contributed by atoms with van der Waals surface area (Å²) in [5.74, 6) is 0. The fourth-order valence-corrected chi connectivity index (χ4v) is 2.36. The van der Waals surface area contributed by atoms with E-state index in [2.05, 4.69) is 41.8 Å². The lowest BCUT2D eigenvalue weighted by Crippen LogP contribution is -2.25. The van der Waals surface area contributed by atoms with Crippen molar-refractivity contribution in [1.29, 1.82) is 5.41 Å². The van der Waals surface area contributed by atoms with E-state index in [9.17, 15) is 0 Å². The zero-order valence-electron chi connectivity index (χ0n) is 8.50. The Bertz CT molecular complexity index is 254. The van der Waals surface area contributed by atoms with E-state index in [1.165, 1.54) is 17.7 Å². The third-order valence-corrected chi connectivity index (χ3v) is 3.29. The second-order valence-corrected chi connectivity index (χ2v) is 5.44. The fourth-order valence-electron chi connectivity index (χ4n) is 1.77. The number of allylic oxidation sites excluding steroid dienone is 2. The summed E-state index contributed by atoms with van der Waals surface area (Å²) >= 11 is 2.10. The standard InChI is InChI=1S/C10H17IN2/c1-10(2)5-4-7(9(11)12)8(6-10)13-3/h12-13H,4-6H2,1-3H3. The molecule has 1 aliphatic rings. The van der Waals surface area contributed by atoms with Gasteiger partial charge in [0, 0.05) is 18.3 Å². The van der Waals surface area contributed by atoms with Crippen molar-refractivity contribution < 1.29 is 0 Å². The van der Waals surface area contributed by atoms with Gasteiger partial charge in [-0.3, -0.25) is 5.41 Å². The minimum Gasteiger partial charge on any atom is -0.391 e. The molecule has 0 amide bonds. The zero-order valence-corrected chi connectivity index (χ0v) is 10.7. The number of halogens is 1. The molecule has 0 radical (unpaired) electrons. The van der Waals surface area contributed by atoms with E-state index in [0.717, 1.165) is 12.8 Å². The molecule has 0 aromatic heterocycles. The van der Waals surface area contributed by atoms with Gasteiger partial charge in [0.1, 0.15) is 0 Å². The van der Waals surface area contributed by atoms with E-state index in [1.807, 2.05) is 7.05 Å². The van der Waals surface area contributed by atoms with Crippen molar-refractivity contribution >= 4 is 26.3 Å². The largest absolute Gasteiger partial charge is 0.391 e. The van der Waals surface area contributed by atoms with Gasteiger partial charge in [-0.25, -0.2) is 0 Å². The highest BCUT2D eigenvalue weighted by atomic mass is 127. The maximum absolute atomic E-state index is 7.64. The van der Waals surface area contributed by atoms with Crippen LogP contribution in [-0.4, -0.2) is 10.8 Å². The fraction of sp³-hybridized carbons (Fsp3) is 0.700. The van der Waals surface area contributed by atoms with Gasteiger partial charge in [-0.1, -0.05) is 13.8 Å². The summed E-state index contributed by atoms with van der Waals surface area (Å²) in [5, 5.41) is 10.9. The van der Waals surface area contributed by atoms with Gasteiger partial charge >= 0.3 is 0 Å².